The summed E-state index contributed by atoms with van der Waals surface area (Å²) in [6, 6.07) is 0. The number of nitrogens with zero attached hydrogens (tertiary/aromatic N) is 2. The molecule has 2 nitrogen and oxygen atoms in total. The van der Waals surface area contributed by atoms with Crippen LogP contribution in [0.2, 0.25) is 0 Å². The maximum absolute atomic E-state index is 4.03. The van der Waals surface area contributed by atoms with Gasteiger partial charge in [-0.1, -0.05) is 15.9 Å². The molecule has 1 aromatic heterocycles. The number of hydrogen-bond acceptors (Lipinski definition) is 2. The van der Waals surface area contributed by atoms with Gasteiger partial charge in [0.15, 0.2) is 0 Å². The van der Waals surface area contributed by atoms with Gasteiger partial charge in [-0.15, -0.1) is 0 Å². The fourth-order valence-corrected chi connectivity index (χ4v) is 2.47. The molecule has 64 valence electrons. The molecule has 0 aliphatic heterocycles. The van der Waals surface area contributed by atoms with Crippen molar-refractivity contribution in [1.82, 2.24) is 9.97 Å². The zero-order valence-electron chi connectivity index (χ0n) is 6.78. The van der Waals surface area contributed by atoms with Gasteiger partial charge in [-0.2, -0.15) is 0 Å². The number of alkyl halides is 1. The first-order valence-electron chi connectivity index (χ1n) is 4.25. The maximum Gasteiger partial charge on any atom is 0.115 e. The van der Waals surface area contributed by atoms with Gasteiger partial charge in [0.25, 0.3) is 0 Å². The van der Waals surface area contributed by atoms with Crippen LogP contribution in [0.25, 0.3) is 0 Å². The van der Waals surface area contributed by atoms with Crippen LogP contribution in [0.5, 0.6) is 0 Å². The third-order valence-electron chi connectivity index (χ3n) is 2.42. The van der Waals surface area contributed by atoms with E-state index in [0.717, 1.165) is 0 Å². The van der Waals surface area contributed by atoms with Gasteiger partial charge in [0.05, 0.1) is 0 Å². The molecule has 0 saturated heterocycles. The molecule has 1 heterocycles. The molecule has 0 aromatic carbocycles. The van der Waals surface area contributed by atoms with Crippen molar-refractivity contribution in [1.29, 1.82) is 0 Å². The Morgan fingerprint density at radius 1 is 1.25 bits per heavy atom. The summed E-state index contributed by atoms with van der Waals surface area (Å²) in [6.07, 6.45) is 9.23. The Bertz CT molecular complexity index is 250. The van der Waals surface area contributed by atoms with E-state index in [1.807, 2.05) is 12.4 Å². The van der Waals surface area contributed by atoms with Crippen molar-refractivity contribution in [3.63, 3.8) is 0 Å². The molecule has 2 unspecified atom stereocenters. The number of halogens is 1. The van der Waals surface area contributed by atoms with E-state index in [9.17, 15) is 0 Å². The normalized spacial score (nSPS) is 29.1. The SMILES string of the molecule is BrC1CCC(c2cncnc2)C1. The van der Waals surface area contributed by atoms with E-state index in [4.69, 9.17) is 0 Å². The molecule has 0 amide bonds. The van der Waals surface area contributed by atoms with E-state index in [1.54, 1.807) is 6.33 Å². The van der Waals surface area contributed by atoms with Gasteiger partial charge in [-0.3, -0.25) is 0 Å². The number of hydrogen-bond donors (Lipinski definition) is 0. The summed E-state index contributed by atoms with van der Waals surface area (Å²) >= 11 is 3.64. The van der Waals surface area contributed by atoms with Gasteiger partial charge in [0, 0.05) is 17.2 Å². The zero-order chi connectivity index (χ0) is 8.39. The first-order valence-corrected chi connectivity index (χ1v) is 5.17. The van der Waals surface area contributed by atoms with Crippen LogP contribution in [0.1, 0.15) is 30.7 Å². The quantitative estimate of drug-likeness (QED) is 0.689. The predicted molar refractivity (Wildman–Crippen MR) is 51.3 cm³/mol. The Hall–Kier alpha value is -0.440. The Morgan fingerprint density at radius 3 is 2.58 bits per heavy atom. The molecule has 1 fully saturated rings. The highest BCUT2D eigenvalue weighted by Gasteiger charge is 2.23. The summed E-state index contributed by atoms with van der Waals surface area (Å²) in [5.41, 5.74) is 1.29. The topological polar surface area (TPSA) is 25.8 Å². The molecule has 1 aliphatic rings. The third-order valence-corrected chi connectivity index (χ3v) is 3.25. The van der Waals surface area contributed by atoms with Crippen LogP contribution < -0.4 is 0 Å². The second-order valence-corrected chi connectivity index (χ2v) is 4.57. The predicted octanol–water partition coefficient (Wildman–Crippen LogP) is 2.51. The monoisotopic (exact) mass is 226 g/mol. The Labute approximate surface area is 80.6 Å². The summed E-state index contributed by atoms with van der Waals surface area (Å²) in [5.74, 6) is 0.676. The van der Waals surface area contributed by atoms with E-state index in [2.05, 4.69) is 25.9 Å². The zero-order valence-corrected chi connectivity index (χ0v) is 8.37. The largest absolute Gasteiger partial charge is 0.245 e. The minimum absolute atomic E-state index is 0.676. The molecule has 0 spiro atoms. The molecule has 1 aliphatic carbocycles. The fourth-order valence-electron chi connectivity index (χ4n) is 1.75. The van der Waals surface area contributed by atoms with Crippen molar-refractivity contribution >= 4 is 15.9 Å². The summed E-state index contributed by atoms with van der Waals surface area (Å²) in [4.78, 5) is 8.75. The lowest BCUT2D eigenvalue weighted by atomic mass is 10.0. The molecule has 3 heteroatoms. The first kappa shape index (κ1) is 8.17. The molecule has 2 rings (SSSR count). The van der Waals surface area contributed by atoms with Crippen LogP contribution in [0, 0.1) is 0 Å². The van der Waals surface area contributed by atoms with Crippen LogP contribution in [0.15, 0.2) is 18.7 Å². The fraction of sp³-hybridized carbons (Fsp3) is 0.556. The van der Waals surface area contributed by atoms with Gasteiger partial charge < -0.3 is 0 Å². The van der Waals surface area contributed by atoms with Gasteiger partial charge in [-0.25, -0.2) is 9.97 Å². The molecule has 0 N–H and O–H groups in total. The lowest BCUT2D eigenvalue weighted by molar-refractivity contribution is 0.716. The van der Waals surface area contributed by atoms with Crippen molar-refractivity contribution < 1.29 is 0 Å². The van der Waals surface area contributed by atoms with Crippen molar-refractivity contribution in [3.05, 3.63) is 24.3 Å². The number of aromatic nitrogens is 2. The lowest BCUT2D eigenvalue weighted by Gasteiger charge is -2.06. The Kier molecular flexibility index (Phi) is 2.40. The molecule has 1 saturated carbocycles. The van der Waals surface area contributed by atoms with Gasteiger partial charge >= 0.3 is 0 Å². The molecule has 1 aromatic rings. The second kappa shape index (κ2) is 3.52. The van der Waals surface area contributed by atoms with Gasteiger partial charge in [0.2, 0.25) is 0 Å². The van der Waals surface area contributed by atoms with Crippen molar-refractivity contribution in [2.24, 2.45) is 0 Å². The lowest BCUT2D eigenvalue weighted by Crippen LogP contribution is -1.95. The number of rotatable bonds is 1. The summed E-state index contributed by atoms with van der Waals surface area (Å²) < 4.78 is 0. The van der Waals surface area contributed by atoms with Crippen LogP contribution in [-0.2, 0) is 0 Å². The van der Waals surface area contributed by atoms with E-state index < -0.39 is 0 Å². The van der Waals surface area contributed by atoms with Crippen LogP contribution >= 0.6 is 15.9 Å². The van der Waals surface area contributed by atoms with Crippen molar-refractivity contribution in [2.75, 3.05) is 0 Å². The Balaban J connectivity index is 2.11. The molecular formula is C9H11BrN2. The smallest absolute Gasteiger partial charge is 0.115 e. The highest BCUT2D eigenvalue weighted by molar-refractivity contribution is 9.09. The highest BCUT2D eigenvalue weighted by atomic mass is 79.9. The standard InChI is InChI=1S/C9H11BrN2/c10-9-2-1-7(3-9)8-4-11-6-12-5-8/h4-7,9H,1-3H2. The van der Waals surface area contributed by atoms with Crippen LogP contribution in [0.4, 0.5) is 0 Å². The highest BCUT2D eigenvalue weighted by Crippen LogP contribution is 2.37. The molecule has 0 radical (unpaired) electrons. The molecule has 2 atom stereocenters. The third kappa shape index (κ3) is 1.66. The second-order valence-electron chi connectivity index (χ2n) is 3.28. The Morgan fingerprint density at radius 2 is 2.00 bits per heavy atom. The summed E-state index contributed by atoms with van der Waals surface area (Å²) in [5, 5.41) is 0. The van der Waals surface area contributed by atoms with Gasteiger partial charge in [0.1, 0.15) is 6.33 Å². The van der Waals surface area contributed by atoms with E-state index >= 15 is 0 Å². The summed E-state index contributed by atoms with van der Waals surface area (Å²) in [6.45, 7) is 0. The van der Waals surface area contributed by atoms with Crippen LogP contribution in [-0.4, -0.2) is 14.8 Å². The molecule has 0 bridgehead atoms. The van der Waals surface area contributed by atoms with Crippen molar-refractivity contribution in [2.45, 2.75) is 30.0 Å². The minimum Gasteiger partial charge on any atom is -0.245 e. The average Bonchev–Trinajstić information content (AvgIpc) is 2.54. The maximum atomic E-state index is 4.03. The van der Waals surface area contributed by atoms with Crippen molar-refractivity contribution in [3.8, 4) is 0 Å². The van der Waals surface area contributed by atoms with E-state index in [-0.39, 0.29) is 0 Å². The van der Waals surface area contributed by atoms with Gasteiger partial charge in [-0.05, 0) is 30.7 Å². The molecular weight excluding hydrogens is 216 g/mol. The van der Waals surface area contributed by atoms with E-state index in [0.29, 0.717) is 10.7 Å². The molecule has 12 heavy (non-hydrogen) atoms. The van der Waals surface area contributed by atoms with E-state index in [1.165, 1.54) is 24.8 Å². The minimum atomic E-state index is 0.676. The summed E-state index contributed by atoms with van der Waals surface area (Å²) in [7, 11) is 0. The average molecular weight is 227 g/mol. The first-order chi connectivity index (χ1) is 5.86. The van der Waals surface area contributed by atoms with Crippen LogP contribution in [0.3, 0.4) is 0 Å².